The van der Waals surface area contributed by atoms with E-state index < -0.39 is 0 Å². The highest BCUT2D eigenvalue weighted by molar-refractivity contribution is 9.10. The first kappa shape index (κ1) is 15.9. The summed E-state index contributed by atoms with van der Waals surface area (Å²) < 4.78 is 24.4. The zero-order valence-electron chi connectivity index (χ0n) is 12.1. The molecule has 3 rings (SSSR count). The summed E-state index contributed by atoms with van der Waals surface area (Å²) >= 11 is 3.21. The predicted molar refractivity (Wildman–Crippen MR) is 86.1 cm³/mol. The van der Waals surface area contributed by atoms with Crippen molar-refractivity contribution in [1.29, 1.82) is 0 Å². The van der Waals surface area contributed by atoms with Crippen molar-refractivity contribution in [3.63, 3.8) is 0 Å². The molecular weight excluding hydrogens is 367 g/mol. The van der Waals surface area contributed by atoms with Crippen LogP contribution >= 0.6 is 15.9 Å². The van der Waals surface area contributed by atoms with Crippen LogP contribution in [0.5, 0.6) is 5.88 Å². The summed E-state index contributed by atoms with van der Waals surface area (Å²) in [6.07, 6.45) is 2.29. The minimum atomic E-state index is -0.381. The Hall–Kier alpha value is -1.99. The Morgan fingerprint density at radius 3 is 2.91 bits per heavy atom. The Kier molecular flexibility index (Phi) is 4.88. The zero-order chi connectivity index (χ0) is 16.2. The lowest BCUT2D eigenvalue weighted by atomic mass is 10.2. The fourth-order valence-electron chi connectivity index (χ4n) is 2.15. The van der Waals surface area contributed by atoms with Gasteiger partial charge < -0.3 is 14.8 Å². The van der Waals surface area contributed by atoms with Gasteiger partial charge in [0.2, 0.25) is 5.88 Å². The average Bonchev–Trinajstić information content (AvgIpc) is 3.04. The minimum Gasteiger partial charge on any atom is -0.472 e. The van der Waals surface area contributed by atoms with Gasteiger partial charge in [0.05, 0.1) is 24.5 Å². The molecule has 0 radical (unpaired) electrons. The zero-order valence-corrected chi connectivity index (χ0v) is 13.7. The highest BCUT2D eigenvalue weighted by Gasteiger charge is 2.18. The van der Waals surface area contributed by atoms with Gasteiger partial charge in [-0.1, -0.05) is 0 Å². The number of anilines is 1. The van der Waals surface area contributed by atoms with E-state index in [2.05, 4.69) is 26.2 Å². The number of aromatic nitrogens is 1. The summed E-state index contributed by atoms with van der Waals surface area (Å²) in [7, 11) is 0. The van der Waals surface area contributed by atoms with Crippen LogP contribution in [0.15, 0.2) is 41.0 Å². The van der Waals surface area contributed by atoms with Crippen molar-refractivity contribution in [1.82, 2.24) is 4.98 Å². The molecule has 1 amide bonds. The number of carbonyl (C=O) groups excluding carboxylic acids is 1. The van der Waals surface area contributed by atoms with Crippen molar-refractivity contribution in [2.75, 3.05) is 18.5 Å². The number of ether oxygens (including phenoxy) is 2. The highest BCUT2D eigenvalue weighted by atomic mass is 79.9. The third-order valence-corrected chi connectivity index (χ3v) is 4.01. The van der Waals surface area contributed by atoms with Crippen LogP contribution in [0.3, 0.4) is 0 Å². The van der Waals surface area contributed by atoms with Gasteiger partial charge in [0, 0.05) is 23.2 Å². The quantitative estimate of drug-likeness (QED) is 0.882. The SMILES string of the molecule is O=C(Nc1ccc(F)cc1Br)c1ccc(O[C@H]2CCOC2)nc1. The van der Waals surface area contributed by atoms with E-state index >= 15 is 0 Å². The van der Waals surface area contributed by atoms with E-state index in [1.54, 1.807) is 12.1 Å². The van der Waals surface area contributed by atoms with E-state index in [1.807, 2.05) is 0 Å². The van der Waals surface area contributed by atoms with E-state index in [-0.39, 0.29) is 17.8 Å². The second-order valence-electron chi connectivity index (χ2n) is 5.07. The van der Waals surface area contributed by atoms with Gasteiger partial charge in [0.25, 0.3) is 5.91 Å². The molecule has 5 nitrogen and oxygen atoms in total. The number of rotatable bonds is 4. The maximum Gasteiger partial charge on any atom is 0.257 e. The number of amides is 1. The second kappa shape index (κ2) is 7.06. The molecule has 23 heavy (non-hydrogen) atoms. The van der Waals surface area contributed by atoms with Gasteiger partial charge in [-0.15, -0.1) is 0 Å². The lowest BCUT2D eigenvalue weighted by molar-refractivity contribution is 0.102. The summed E-state index contributed by atoms with van der Waals surface area (Å²) in [5.41, 5.74) is 0.871. The molecule has 2 heterocycles. The molecule has 0 bridgehead atoms. The minimum absolute atomic E-state index is 0.0114. The van der Waals surface area contributed by atoms with Crippen LogP contribution in [-0.2, 0) is 4.74 Å². The Bertz CT molecular complexity index is 703. The van der Waals surface area contributed by atoms with Crippen LogP contribution < -0.4 is 10.1 Å². The molecule has 0 saturated carbocycles. The molecule has 1 atom stereocenters. The molecule has 1 aliphatic heterocycles. The maximum atomic E-state index is 13.0. The molecule has 1 aliphatic rings. The van der Waals surface area contributed by atoms with Gasteiger partial charge in [0.1, 0.15) is 11.9 Å². The summed E-state index contributed by atoms with van der Waals surface area (Å²) in [5, 5.41) is 2.69. The van der Waals surface area contributed by atoms with Crippen molar-refractivity contribution in [2.24, 2.45) is 0 Å². The van der Waals surface area contributed by atoms with Crippen molar-refractivity contribution in [3.8, 4) is 5.88 Å². The maximum absolute atomic E-state index is 13.0. The number of hydrogen-bond donors (Lipinski definition) is 1. The van der Waals surface area contributed by atoms with Gasteiger partial charge in [-0.25, -0.2) is 9.37 Å². The van der Waals surface area contributed by atoms with Crippen molar-refractivity contribution < 1.29 is 18.7 Å². The Labute approximate surface area is 140 Å². The monoisotopic (exact) mass is 380 g/mol. The molecule has 1 aromatic carbocycles. The number of hydrogen-bond acceptors (Lipinski definition) is 4. The largest absolute Gasteiger partial charge is 0.472 e. The first-order valence-electron chi connectivity index (χ1n) is 7.08. The summed E-state index contributed by atoms with van der Waals surface area (Å²) in [6, 6.07) is 7.33. The first-order chi connectivity index (χ1) is 11.1. The molecule has 1 saturated heterocycles. The fourth-order valence-corrected chi connectivity index (χ4v) is 2.60. The summed E-state index contributed by atoms with van der Waals surface area (Å²) in [5.74, 6) is -0.255. The molecule has 0 aliphatic carbocycles. The third kappa shape index (κ3) is 4.05. The van der Waals surface area contributed by atoms with Crippen LogP contribution in [0.2, 0.25) is 0 Å². The standard InChI is InChI=1S/C16H14BrFN2O3/c17-13-7-11(18)2-3-14(13)20-16(21)10-1-4-15(19-8-10)23-12-5-6-22-9-12/h1-4,7-8,12H,5-6,9H2,(H,20,21)/t12-/m0/s1. The lowest BCUT2D eigenvalue weighted by Crippen LogP contribution is -2.17. The average molecular weight is 381 g/mol. The number of pyridine rings is 1. The molecule has 120 valence electrons. The van der Waals surface area contributed by atoms with Gasteiger partial charge in [-0.2, -0.15) is 0 Å². The van der Waals surface area contributed by atoms with E-state index in [0.717, 1.165) is 6.42 Å². The number of nitrogens with zero attached hydrogens (tertiary/aromatic N) is 1. The predicted octanol–water partition coefficient (Wildman–Crippen LogP) is 3.40. The van der Waals surface area contributed by atoms with Crippen LogP contribution in [0.1, 0.15) is 16.8 Å². The van der Waals surface area contributed by atoms with Gasteiger partial charge >= 0.3 is 0 Å². The first-order valence-corrected chi connectivity index (χ1v) is 7.88. The number of halogens is 2. The Morgan fingerprint density at radius 1 is 1.39 bits per heavy atom. The topological polar surface area (TPSA) is 60.5 Å². The highest BCUT2D eigenvalue weighted by Crippen LogP contribution is 2.24. The van der Waals surface area contributed by atoms with Gasteiger partial charge in [-0.05, 0) is 40.2 Å². The second-order valence-corrected chi connectivity index (χ2v) is 5.92. The van der Waals surface area contributed by atoms with Crippen molar-refractivity contribution >= 4 is 27.5 Å². The number of nitrogens with one attached hydrogen (secondary N) is 1. The smallest absolute Gasteiger partial charge is 0.257 e. The van der Waals surface area contributed by atoms with E-state index in [4.69, 9.17) is 9.47 Å². The summed E-state index contributed by atoms with van der Waals surface area (Å²) in [6.45, 7) is 1.25. The van der Waals surface area contributed by atoms with Crippen molar-refractivity contribution in [2.45, 2.75) is 12.5 Å². The normalized spacial score (nSPS) is 17.0. The lowest BCUT2D eigenvalue weighted by Gasteiger charge is -2.11. The Morgan fingerprint density at radius 2 is 2.26 bits per heavy atom. The van der Waals surface area contributed by atoms with E-state index in [0.29, 0.717) is 34.8 Å². The molecule has 2 aromatic rings. The van der Waals surface area contributed by atoms with Gasteiger partial charge in [-0.3, -0.25) is 4.79 Å². The fraction of sp³-hybridized carbons (Fsp3) is 0.250. The molecule has 1 N–H and O–H groups in total. The molecule has 1 fully saturated rings. The van der Waals surface area contributed by atoms with Crippen LogP contribution in [0.25, 0.3) is 0 Å². The molecule has 7 heteroatoms. The molecule has 1 aromatic heterocycles. The third-order valence-electron chi connectivity index (χ3n) is 3.35. The molecular formula is C16H14BrFN2O3. The van der Waals surface area contributed by atoms with Crippen LogP contribution in [0.4, 0.5) is 10.1 Å². The van der Waals surface area contributed by atoms with E-state index in [9.17, 15) is 9.18 Å². The van der Waals surface area contributed by atoms with Crippen LogP contribution in [0, 0.1) is 5.82 Å². The van der Waals surface area contributed by atoms with E-state index in [1.165, 1.54) is 24.4 Å². The number of carbonyl (C=O) groups is 1. The van der Waals surface area contributed by atoms with Crippen molar-refractivity contribution in [3.05, 3.63) is 52.4 Å². The Balaban J connectivity index is 1.65. The summed E-state index contributed by atoms with van der Waals surface area (Å²) in [4.78, 5) is 16.3. The number of benzene rings is 1. The molecule has 0 unspecified atom stereocenters. The van der Waals surface area contributed by atoms with Gasteiger partial charge in [0.15, 0.2) is 0 Å². The molecule has 0 spiro atoms. The van der Waals surface area contributed by atoms with Crippen LogP contribution in [-0.4, -0.2) is 30.2 Å².